The monoisotopic (exact) mass is 204 g/mol. The maximum atomic E-state index is 8.98. The molecule has 0 radical (unpaired) electrons. The first kappa shape index (κ1) is 9.82. The minimum absolute atomic E-state index is 0.305. The van der Waals surface area contributed by atoms with Gasteiger partial charge in [0.1, 0.15) is 6.33 Å². The molecule has 15 heavy (non-hydrogen) atoms. The summed E-state index contributed by atoms with van der Waals surface area (Å²) in [6.07, 6.45) is 6.30. The largest absolute Gasteiger partial charge is 0.491 e. The molecule has 0 saturated heterocycles. The third kappa shape index (κ3) is 1.88. The highest BCUT2D eigenvalue weighted by Gasteiger charge is 2.16. The molecule has 6 nitrogen and oxygen atoms in total. The Kier molecular flexibility index (Phi) is 2.48. The van der Waals surface area contributed by atoms with Crippen LogP contribution < -0.4 is 5.46 Å². The SMILES string of the molecule is Cc1nc(-n2ccnc2)ncc1B(O)O. The quantitative estimate of drug-likeness (QED) is 0.591. The van der Waals surface area contributed by atoms with Crippen LogP contribution in [0.25, 0.3) is 5.95 Å². The van der Waals surface area contributed by atoms with Gasteiger partial charge in [-0.3, -0.25) is 4.57 Å². The Bertz CT molecular complexity index is 458. The van der Waals surface area contributed by atoms with Gasteiger partial charge in [-0.25, -0.2) is 15.0 Å². The summed E-state index contributed by atoms with van der Waals surface area (Å²) < 4.78 is 1.64. The van der Waals surface area contributed by atoms with Crippen LogP contribution in [0.5, 0.6) is 0 Å². The Morgan fingerprint density at radius 3 is 2.73 bits per heavy atom. The van der Waals surface area contributed by atoms with E-state index in [-0.39, 0.29) is 0 Å². The van der Waals surface area contributed by atoms with Gasteiger partial charge in [0.05, 0.1) is 0 Å². The maximum absolute atomic E-state index is 8.98. The van der Waals surface area contributed by atoms with Crippen LogP contribution in [0.1, 0.15) is 5.69 Å². The molecule has 76 valence electrons. The third-order valence-electron chi connectivity index (χ3n) is 2.02. The summed E-state index contributed by atoms with van der Waals surface area (Å²) in [5.74, 6) is 0.453. The molecule has 0 spiro atoms. The summed E-state index contributed by atoms with van der Waals surface area (Å²) in [6, 6.07) is 0. The first-order chi connectivity index (χ1) is 7.18. The van der Waals surface area contributed by atoms with Crippen molar-refractivity contribution < 1.29 is 10.0 Å². The van der Waals surface area contributed by atoms with E-state index in [0.29, 0.717) is 17.1 Å². The van der Waals surface area contributed by atoms with Crippen molar-refractivity contribution in [3.8, 4) is 5.95 Å². The second kappa shape index (κ2) is 3.80. The van der Waals surface area contributed by atoms with Crippen molar-refractivity contribution in [2.75, 3.05) is 0 Å². The second-order valence-electron chi connectivity index (χ2n) is 3.05. The molecule has 0 saturated carbocycles. The molecular formula is C8H9BN4O2. The van der Waals surface area contributed by atoms with Crippen molar-refractivity contribution in [1.29, 1.82) is 0 Å². The fourth-order valence-corrected chi connectivity index (χ4v) is 1.22. The molecule has 0 aliphatic heterocycles. The predicted molar refractivity (Wildman–Crippen MR) is 53.7 cm³/mol. The minimum Gasteiger partial charge on any atom is -0.423 e. The van der Waals surface area contributed by atoms with Gasteiger partial charge in [-0.15, -0.1) is 0 Å². The van der Waals surface area contributed by atoms with E-state index in [9.17, 15) is 0 Å². The van der Waals surface area contributed by atoms with Crippen LogP contribution >= 0.6 is 0 Å². The summed E-state index contributed by atoms with van der Waals surface area (Å²) in [7, 11) is -1.54. The number of aryl methyl sites for hydroxylation is 1. The van der Waals surface area contributed by atoms with Crippen LogP contribution in [0.2, 0.25) is 0 Å². The average Bonchev–Trinajstić information content (AvgIpc) is 2.69. The Hall–Kier alpha value is -1.73. The standard InChI is InChI=1S/C8H9BN4O2/c1-6-7(9(14)15)4-11-8(12-6)13-3-2-10-5-13/h2-5,14-15H,1H3. The lowest BCUT2D eigenvalue weighted by Gasteiger charge is -2.05. The van der Waals surface area contributed by atoms with Gasteiger partial charge in [0.2, 0.25) is 5.95 Å². The van der Waals surface area contributed by atoms with Gasteiger partial charge in [-0.1, -0.05) is 0 Å². The lowest BCUT2D eigenvalue weighted by molar-refractivity contribution is 0.425. The lowest BCUT2D eigenvalue weighted by Crippen LogP contribution is -2.33. The molecule has 0 unspecified atom stereocenters. The first-order valence-electron chi connectivity index (χ1n) is 4.36. The third-order valence-corrected chi connectivity index (χ3v) is 2.02. The maximum Gasteiger partial charge on any atom is 0.491 e. The molecular weight excluding hydrogens is 195 g/mol. The van der Waals surface area contributed by atoms with Gasteiger partial charge in [-0.05, 0) is 6.92 Å². The van der Waals surface area contributed by atoms with Gasteiger partial charge in [0, 0.05) is 29.7 Å². The van der Waals surface area contributed by atoms with E-state index in [1.807, 2.05) is 0 Å². The average molecular weight is 204 g/mol. The molecule has 0 aliphatic rings. The van der Waals surface area contributed by atoms with Crippen LogP contribution in [0, 0.1) is 6.92 Å². The molecule has 2 aromatic rings. The van der Waals surface area contributed by atoms with Crippen molar-refractivity contribution in [3.05, 3.63) is 30.6 Å². The van der Waals surface area contributed by atoms with Crippen molar-refractivity contribution in [3.63, 3.8) is 0 Å². The Morgan fingerprint density at radius 1 is 1.40 bits per heavy atom. The van der Waals surface area contributed by atoms with E-state index in [1.54, 1.807) is 30.2 Å². The molecule has 0 bridgehead atoms. The number of imidazole rings is 1. The van der Waals surface area contributed by atoms with Crippen molar-refractivity contribution >= 4 is 12.6 Å². The number of hydrogen-bond acceptors (Lipinski definition) is 5. The highest BCUT2D eigenvalue weighted by molar-refractivity contribution is 6.58. The number of rotatable bonds is 2. The van der Waals surface area contributed by atoms with Crippen LogP contribution in [-0.4, -0.2) is 36.7 Å². The normalized spacial score (nSPS) is 10.3. The van der Waals surface area contributed by atoms with Crippen molar-refractivity contribution in [1.82, 2.24) is 19.5 Å². The van der Waals surface area contributed by atoms with E-state index in [4.69, 9.17) is 10.0 Å². The number of nitrogens with zero attached hydrogens (tertiary/aromatic N) is 4. The summed E-state index contributed by atoms with van der Waals surface area (Å²) in [6.45, 7) is 1.69. The van der Waals surface area contributed by atoms with E-state index in [2.05, 4.69) is 15.0 Å². The van der Waals surface area contributed by atoms with E-state index in [1.165, 1.54) is 6.20 Å². The number of aromatic nitrogens is 4. The molecule has 0 aromatic carbocycles. The molecule has 0 amide bonds. The smallest absolute Gasteiger partial charge is 0.423 e. The Morgan fingerprint density at radius 2 is 2.20 bits per heavy atom. The van der Waals surface area contributed by atoms with E-state index in [0.717, 1.165) is 0 Å². The summed E-state index contributed by atoms with van der Waals surface area (Å²) in [4.78, 5) is 12.0. The zero-order chi connectivity index (χ0) is 10.8. The van der Waals surface area contributed by atoms with E-state index < -0.39 is 7.12 Å². The molecule has 7 heteroatoms. The van der Waals surface area contributed by atoms with Crippen molar-refractivity contribution in [2.45, 2.75) is 6.92 Å². The summed E-state index contributed by atoms with van der Waals surface area (Å²) in [5, 5.41) is 18.0. The molecule has 0 fully saturated rings. The molecule has 2 heterocycles. The Labute approximate surface area is 86.4 Å². The van der Waals surface area contributed by atoms with Crippen molar-refractivity contribution in [2.24, 2.45) is 0 Å². The van der Waals surface area contributed by atoms with Gasteiger partial charge in [0.15, 0.2) is 0 Å². The Balaban J connectivity index is 2.42. The fourth-order valence-electron chi connectivity index (χ4n) is 1.22. The first-order valence-corrected chi connectivity index (χ1v) is 4.36. The topological polar surface area (TPSA) is 84.1 Å². The zero-order valence-corrected chi connectivity index (χ0v) is 8.07. The lowest BCUT2D eigenvalue weighted by atomic mass is 9.80. The molecule has 0 atom stereocenters. The highest BCUT2D eigenvalue weighted by atomic mass is 16.4. The van der Waals surface area contributed by atoms with Gasteiger partial charge >= 0.3 is 7.12 Å². The predicted octanol–water partition coefficient (Wildman–Crippen LogP) is -1.35. The molecule has 0 aliphatic carbocycles. The molecule has 2 rings (SSSR count). The fraction of sp³-hybridized carbons (Fsp3) is 0.125. The molecule has 2 aromatic heterocycles. The minimum atomic E-state index is -1.54. The molecule has 2 N–H and O–H groups in total. The van der Waals surface area contributed by atoms with Crippen LogP contribution in [0.3, 0.4) is 0 Å². The van der Waals surface area contributed by atoms with Crippen LogP contribution in [0.15, 0.2) is 24.9 Å². The van der Waals surface area contributed by atoms with Crippen LogP contribution in [-0.2, 0) is 0 Å². The second-order valence-corrected chi connectivity index (χ2v) is 3.05. The highest BCUT2D eigenvalue weighted by Crippen LogP contribution is 1.99. The summed E-state index contributed by atoms with van der Waals surface area (Å²) >= 11 is 0. The number of hydrogen-bond donors (Lipinski definition) is 2. The van der Waals surface area contributed by atoms with Crippen LogP contribution in [0.4, 0.5) is 0 Å². The van der Waals surface area contributed by atoms with Gasteiger partial charge in [0.25, 0.3) is 0 Å². The summed E-state index contributed by atoms with van der Waals surface area (Å²) in [5.41, 5.74) is 0.836. The van der Waals surface area contributed by atoms with Gasteiger partial charge in [-0.2, -0.15) is 0 Å². The van der Waals surface area contributed by atoms with E-state index >= 15 is 0 Å². The zero-order valence-electron chi connectivity index (χ0n) is 8.07. The van der Waals surface area contributed by atoms with Gasteiger partial charge < -0.3 is 10.0 Å².